The van der Waals surface area contributed by atoms with Crippen molar-refractivity contribution in [3.63, 3.8) is 0 Å². The Morgan fingerprint density at radius 1 is 1.08 bits per heavy atom. The van der Waals surface area contributed by atoms with Crippen molar-refractivity contribution in [2.75, 3.05) is 13.6 Å². The zero-order valence-corrected chi connectivity index (χ0v) is 15.4. The van der Waals surface area contributed by atoms with E-state index in [2.05, 4.69) is 69.8 Å². The summed E-state index contributed by atoms with van der Waals surface area (Å²) in [5, 5.41) is 3.52. The first kappa shape index (κ1) is 15.7. The van der Waals surface area contributed by atoms with Crippen LogP contribution in [-0.4, -0.2) is 28.5 Å². The smallest absolute Gasteiger partial charge is 0.0885 e. The van der Waals surface area contributed by atoms with Crippen LogP contribution in [0.3, 0.4) is 0 Å². The molecule has 0 saturated carbocycles. The fourth-order valence-corrected chi connectivity index (χ4v) is 4.71. The molecule has 0 saturated heterocycles. The van der Waals surface area contributed by atoms with Crippen molar-refractivity contribution >= 4 is 21.4 Å². The van der Waals surface area contributed by atoms with Gasteiger partial charge in [-0.15, -0.1) is 11.3 Å². The average Bonchev–Trinajstić information content (AvgIpc) is 3.15. The molecule has 3 heterocycles. The van der Waals surface area contributed by atoms with Crippen molar-refractivity contribution in [1.29, 1.82) is 0 Å². The summed E-state index contributed by atoms with van der Waals surface area (Å²) in [5.74, 6) is 0.406. The van der Waals surface area contributed by atoms with E-state index in [0.717, 1.165) is 24.3 Å². The van der Waals surface area contributed by atoms with Crippen molar-refractivity contribution in [3.05, 3.63) is 83.1 Å². The van der Waals surface area contributed by atoms with Gasteiger partial charge in [-0.05, 0) is 58.8 Å². The number of hydrogen-bond donors (Lipinski definition) is 0. The molecule has 1 aliphatic rings. The summed E-state index contributed by atoms with van der Waals surface area (Å²) in [4.78, 5) is 11.1. The molecule has 1 aliphatic heterocycles. The van der Waals surface area contributed by atoms with Crippen molar-refractivity contribution < 1.29 is 0 Å². The summed E-state index contributed by atoms with van der Waals surface area (Å²) in [6, 6.07) is 15.9. The number of fused-ring (bicyclic) bond motifs is 2. The minimum atomic E-state index is 0.406. The van der Waals surface area contributed by atoms with Gasteiger partial charge in [0.2, 0.25) is 0 Å². The van der Waals surface area contributed by atoms with E-state index in [4.69, 9.17) is 0 Å². The standard InChI is InChI=1S/C22H19N3S/c1-25-13-18-11-16(21-12-23-7-8-24-21)2-4-19(18)20(14-25)15-3-5-22-17(10-15)6-9-26-22/h2-12,20H,13-14H2,1H3. The van der Waals surface area contributed by atoms with E-state index in [1.807, 2.05) is 6.20 Å². The molecule has 0 bridgehead atoms. The molecule has 0 aliphatic carbocycles. The zero-order chi connectivity index (χ0) is 17.5. The Morgan fingerprint density at radius 2 is 2.04 bits per heavy atom. The highest BCUT2D eigenvalue weighted by atomic mass is 32.1. The third-order valence-electron chi connectivity index (χ3n) is 5.19. The molecule has 2 aromatic heterocycles. The monoisotopic (exact) mass is 357 g/mol. The lowest BCUT2D eigenvalue weighted by molar-refractivity contribution is 0.295. The summed E-state index contributed by atoms with van der Waals surface area (Å²) in [5.41, 5.74) is 6.29. The molecule has 2 aromatic carbocycles. The quantitative estimate of drug-likeness (QED) is 0.509. The molecule has 0 radical (unpaired) electrons. The molecule has 1 unspecified atom stereocenters. The summed E-state index contributed by atoms with van der Waals surface area (Å²) in [6.45, 7) is 2.02. The topological polar surface area (TPSA) is 29.0 Å². The molecule has 0 spiro atoms. The maximum Gasteiger partial charge on any atom is 0.0885 e. The highest BCUT2D eigenvalue weighted by Crippen LogP contribution is 2.36. The third kappa shape index (κ3) is 2.71. The highest BCUT2D eigenvalue weighted by molar-refractivity contribution is 7.17. The van der Waals surface area contributed by atoms with Gasteiger partial charge in [0.1, 0.15) is 0 Å². The summed E-state index contributed by atoms with van der Waals surface area (Å²) < 4.78 is 1.36. The molecule has 0 N–H and O–H groups in total. The zero-order valence-electron chi connectivity index (χ0n) is 14.6. The van der Waals surface area contributed by atoms with E-state index < -0.39 is 0 Å². The summed E-state index contributed by atoms with van der Waals surface area (Å²) in [7, 11) is 2.20. The van der Waals surface area contributed by atoms with Crippen LogP contribution in [0.15, 0.2) is 66.4 Å². The van der Waals surface area contributed by atoms with Crippen LogP contribution >= 0.6 is 11.3 Å². The van der Waals surface area contributed by atoms with Crippen LogP contribution in [0.2, 0.25) is 0 Å². The van der Waals surface area contributed by atoms with Gasteiger partial charge in [0.05, 0.1) is 11.9 Å². The lowest BCUT2D eigenvalue weighted by Gasteiger charge is -2.33. The molecule has 128 valence electrons. The van der Waals surface area contributed by atoms with Gasteiger partial charge in [0.25, 0.3) is 0 Å². The van der Waals surface area contributed by atoms with E-state index in [1.54, 1.807) is 23.7 Å². The van der Waals surface area contributed by atoms with E-state index >= 15 is 0 Å². The van der Waals surface area contributed by atoms with Crippen LogP contribution in [0, 0.1) is 0 Å². The number of rotatable bonds is 2. The van der Waals surface area contributed by atoms with Crippen LogP contribution < -0.4 is 0 Å². The van der Waals surface area contributed by atoms with Crippen molar-refractivity contribution in [2.45, 2.75) is 12.5 Å². The molecule has 5 rings (SSSR count). The van der Waals surface area contributed by atoms with Crippen LogP contribution in [-0.2, 0) is 6.54 Å². The highest BCUT2D eigenvalue weighted by Gasteiger charge is 2.25. The lowest BCUT2D eigenvalue weighted by atomic mass is 9.83. The van der Waals surface area contributed by atoms with Gasteiger partial charge in [-0.3, -0.25) is 9.97 Å². The molecule has 0 amide bonds. The Hall–Kier alpha value is -2.56. The van der Waals surface area contributed by atoms with Crippen LogP contribution in [0.4, 0.5) is 0 Å². The van der Waals surface area contributed by atoms with Gasteiger partial charge < -0.3 is 4.90 Å². The van der Waals surface area contributed by atoms with Gasteiger partial charge in [-0.2, -0.15) is 0 Å². The third-order valence-corrected chi connectivity index (χ3v) is 6.09. The second kappa shape index (κ2) is 6.31. The van der Waals surface area contributed by atoms with Crippen LogP contribution in [0.25, 0.3) is 21.3 Å². The fraction of sp³-hybridized carbons (Fsp3) is 0.182. The van der Waals surface area contributed by atoms with Gasteiger partial charge in [-0.1, -0.05) is 18.2 Å². The molecule has 4 aromatic rings. The first-order valence-corrected chi connectivity index (χ1v) is 9.71. The average molecular weight is 357 g/mol. The molecule has 0 fully saturated rings. The fourth-order valence-electron chi connectivity index (χ4n) is 3.94. The van der Waals surface area contributed by atoms with Crippen LogP contribution in [0.5, 0.6) is 0 Å². The maximum absolute atomic E-state index is 4.45. The van der Waals surface area contributed by atoms with E-state index in [0.29, 0.717) is 5.92 Å². The van der Waals surface area contributed by atoms with E-state index in [-0.39, 0.29) is 0 Å². The van der Waals surface area contributed by atoms with E-state index in [1.165, 1.54) is 26.8 Å². The number of benzene rings is 2. The number of likely N-dealkylation sites (N-methyl/N-ethyl adjacent to an activating group) is 1. The molecule has 26 heavy (non-hydrogen) atoms. The Balaban J connectivity index is 1.59. The van der Waals surface area contributed by atoms with Crippen LogP contribution in [0.1, 0.15) is 22.6 Å². The minimum absolute atomic E-state index is 0.406. The SMILES string of the molecule is CN1Cc2cc(-c3cnccn3)ccc2C(c2ccc3sccc3c2)C1. The van der Waals surface area contributed by atoms with Gasteiger partial charge in [0, 0.05) is 41.7 Å². The Kier molecular flexibility index (Phi) is 3.80. The Bertz CT molecular complexity index is 1070. The maximum atomic E-state index is 4.45. The molecular weight excluding hydrogens is 338 g/mol. The van der Waals surface area contributed by atoms with Crippen molar-refractivity contribution in [1.82, 2.24) is 14.9 Å². The predicted octanol–water partition coefficient (Wildman–Crippen LogP) is 4.94. The van der Waals surface area contributed by atoms with Gasteiger partial charge in [0.15, 0.2) is 0 Å². The number of hydrogen-bond acceptors (Lipinski definition) is 4. The van der Waals surface area contributed by atoms with E-state index in [9.17, 15) is 0 Å². The Labute approximate surface area is 157 Å². The number of thiophene rings is 1. The van der Waals surface area contributed by atoms with Crippen molar-refractivity contribution in [2.24, 2.45) is 0 Å². The lowest BCUT2D eigenvalue weighted by Crippen LogP contribution is -2.31. The largest absolute Gasteiger partial charge is 0.301 e. The summed E-state index contributed by atoms with van der Waals surface area (Å²) >= 11 is 1.81. The molecule has 3 nitrogen and oxygen atoms in total. The minimum Gasteiger partial charge on any atom is -0.301 e. The Morgan fingerprint density at radius 3 is 2.92 bits per heavy atom. The molecular formula is C22H19N3S. The summed E-state index contributed by atoms with van der Waals surface area (Å²) in [6.07, 6.45) is 5.29. The molecule has 4 heteroatoms. The normalized spacial score (nSPS) is 17.3. The van der Waals surface area contributed by atoms with Gasteiger partial charge in [-0.25, -0.2) is 0 Å². The second-order valence-electron chi connectivity index (χ2n) is 6.97. The van der Waals surface area contributed by atoms with Crippen molar-refractivity contribution in [3.8, 4) is 11.3 Å². The predicted molar refractivity (Wildman–Crippen MR) is 107 cm³/mol. The first-order valence-electron chi connectivity index (χ1n) is 8.83. The molecule has 1 atom stereocenters. The van der Waals surface area contributed by atoms with Gasteiger partial charge >= 0.3 is 0 Å². The number of nitrogens with zero attached hydrogens (tertiary/aromatic N) is 3. The first-order chi connectivity index (χ1) is 12.8. The second-order valence-corrected chi connectivity index (χ2v) is 7.92. The number of aromatic nitrogens is 2.